The Morgan fingerprint density at radius 2 is 1.60 bits per heavy atom. The molecule has 0 spiro atoms. The minimum absolute atomic E-state index is 0.0103. The van der Waals surface area contributed by atoms with Crippen molar-refractivity contribution in [3.8, 4) is 0 Å². The Bertz CT molecular complexity index is 1090. The second kappa shape index (κ2) is 15.5. The minimum atomic E-state index is -0.785. The summed E-state index contributed by atoms with van der Waals surface area (Å²) in [6.07, 6.45) is 4.25. The zero-order valence-electron chi connectivity index (χ0n) is 26.8. The molecule has 1 aromatic carbocycles. The molecule has 43 heavy (non-hydrogen) atoms. The van der Waals surface area contributed by atoms with Crippen molar-refractivity contribution in [2.24, 2.45) is 10.7 Å². The van der Waals surface area contributed by atoms with Gasteiger partial charge in [-0.1, -0.05) is 30.3 Å². The average Bonchev–Trinajstić information content (AvgIpc) is 2.91. The normalized spacial score (nSPS) is 19.5. The number of rotatable bonds is 7. The van der Waals surface area contributed by atoms with E-state index in [0.717, 1.165) is 37.8 Å². The largest absolute Gasteiger partial charge is 0.444 e. The molecule has 1 aromatic rings. The maximum atomic E-state index is 13.3. The SMILES string of the molecule is CC(C)(C)OC(=O)/N=C(\NC(=O)OC(C)(C)C)N1CCC(OCCC2CCCCN2C(=O)[C@H](N)Cc2ccccc2)CC1. The van der Waals surface area contributed by atoms with E-state index in [-0.39, 0.29) is 24.0 Å². The Kier molecular flexibility index (Phi) is 12.4. The predicted octanol–water partition coefficient (Wildman–Crippen LogP) is 4.62. The number of likely N-dealkylation sites (tertiary alicyclic amines) is 2. The van der Waals surface area contributed by atoms with Gasteiger partial charge in [-0.3, -0.25) is 10.1 Å². The highest BCUT2D eigenvalue weighted by atomic mass is 16.6. The van der Waals surface area contributed by atoms with Crippen molar-refractivity contribution in [2.75, 3.05) is 26.2 Å². The summed E-state index contributed by atoms with van der Waals surface area (Å²) in [5.41, 5.74) is 5.99. The summed E-state index contributed by atoms with van der Waals surface area (Å²) in [6.45, 7) is 12.9. The van der Waals surface area contributed by atoms with Gasteiger partial charge in [0.05, 0.1) is 12.1 Å². The van der Waals surface area contributed by atoms with Gasteiger partial charge in [0.2, 0.25) is 11.9 Å². The highest BCUT2D eigenvalue weighted by Gasteiger charge is 2.31. The number of nitrogens with zero attached hydrogens (tertiary/aromatic N) is 3. The molecular formula is C32H51N5O6. The van der Waals surface area contributed by atoms with Crippen LogP contribution in [0.3, 0.4) is 0 Å². The topological polar surface area (TPSA) is 136 Å². The van der Waals surface area contributed by atoms with E-state index in [2.05, 4.69) is 10.3 Å². The van der Waals surface area contributed by atoms with E-state index in [1.807, 2.05) is 40.1 Å². The molecule has 2 aliphatic heterocycles. The quantitative estimate of drug-likeness (QED) is 0.341. The fraction of sp³-hybridized carbons (Fsp3) is 0.688. The Morgan fingerprint density at radius 1 is 0.953 bits per heavy atom. The fourth-order valence-electron chi connectivity index (χ4n) is 5.31. The first-order valence-corrected chi connectivity index (χ1v) is 15.5. The number of hydrogen-bond acceptors (Lipinski definition) is 7. The number of carbonyl (C=O) groups excluding carboxylic acids is 3. The van der Waals surface area contributed by atoms with Crippen molar-refractivity contribution in [1.82, 2.24) is 15.1 Å². The number of benzene rings is 1. The van der Waals surface area contributed by atoms with Gasteiger partial charge in [0, 0.05) is 32.3 Å². The first-order chi connectivity index (χ1) is 20.2. The monoisotopic (exact) mass is 601 g/mol. The lowest BCUT2D eigenvalue weighted by Gasteiger charge is -2.38. The van der Waals surface area contributed by atoms with Crippen molar-refractivity contribution >= 4 is 24.1 Å². The first-order valence-electron chi connectivity index (χ1n) is 15.5. The summed E-state index contributed by atoms with van der Waals surface area (Å²) in [5.74, 6) is 0.112. The van der Waals surface area contributed by atoms with Gasteiger partial charge in [-0.15, -0.1) is 4.99 Å². The molecule has 2 heterocycles. The fourth-order valence-corrected chi connectivity index (χ4v) is 5.31. The molecule has 0 aromatic heterocycles. The number of amides is 3. The number of nitrogens with one attached hydrogen (secondary N) is 1. The molecule has 3 N–H and O–H groups in total. The lowest BCUT2D eigenvalue weighted by Crippen LogP contribution is -2.52. The van der Waals surface area contributed by atoms with E-state index in [4.69, 9.17) is 19.9 Å². The maximum Gasteiger partial charge on any atom is 0.437 e. The van der Waals surface area contributed by atoms with Crippen LogP contribution >= 0.6 is 0 Å². The molecule has 1 unspecified atom stereocenters. The Balaban J connectivity index is 1.51. The number of nitrogens with two attached hydrogens (primary N) is 1. The van der Waals surface area contributed by atoms with Crippen LogP contribution in [0.5, 0.6) is 0 Å². The van der Waals surface area contributed by atoms with Crippen LogP contribution in [0.1, 0.15) is 85.6 Å². The van der Waals surface area contributed by atoms with Gasteiger partial charge in [-0.05, 0) is 92.1 Å². The molecule has 2 saturated heterocycles. The van der Waals surface area contributed by atoms with Crippen LogP contribution < -0.4 is 11.1 Å². The van der Waals surface area contributed by atoms with E-state index in [0.29, 0.717) is 39.0 Å². The number of ether oxygens (including phenoxy) is 3. The molecular weight excluding hydrogens is 550 g/mol. The molecule has 0 saturated carbocycles. The summed E-state index contributed by atoms with van der Waals surface area (Å²) in [7, 11) is 0. The first kappa shape index (κ1) is 34.3. The van der Waals surface area contributed by atoms with Crippen LogP contribution in [-0.2, 0) is 25.4 Å². The molecule has 0 aliphatic carbocycles. The molecule has 3 amide bonds. The second-order valence-electron chi connectivity index (χ2n) is 13.4. The zero-order chi connectivity index (χ0) is 31.6. The van der Waals surface area contributed by atoms with Gasteiger partial charge < -0.3 is 29.7 Å². The van der Waals surface area contributed by atoms with Crippen LogP contribution in [0.25, 0.3) is 0 Å². The predicted molar refractivity (Wildman–Crippen MR) is 166 cm³/mol. The van der Waals surface area contributed by atoms with Gasteiger partial charge in [0.1, 0.15) is 11.2 Å². The lowest BCUT2D eigenvalue weighted by atomic mass is 9.97. The van der Waals surface area contributed by atoms with Crippen molar-refractivity contribution in [3.05, 3.63) is 35.9 Å². The molecule has 240 valence electrons. The summed E-state index contributed by atoms with van der Waals surface area (Å²) in [4.78, 5) is 46.0. The summed E-state index contributed by atoms with van der Waals surface area (Å²) >= 11 is 0. The van der Waals surface area contributed by atoms with E-state index in [1.54, 1.807) is 41.5 Å². The minimum Gasteiger partial charge on any atom is -0.444 e. The van der Waals surface area contributed by atoms with Gasteiger partial charge in [0.15, 0.2) is 0 Å². The standard InChI is InChI=1S/C32H51N5O6/c1-31(2,3)42-29(39)34-28(35-30(40)43-32(4,5)6)36-19-15-25(16-20-36)41-21-17-24-14-10-11-18-37(24)27(38)26(33)22-23-12-8-7-9-13-23/h7-9,12-13,24-26H,10-11,14-22,33H2,1-6H3,(H,34,35,39,40)/t24?,26-/m1/s1. The van der Waals surface area contributed by atoms with Crippen LogP contribution in [0, 0.1) is 0 Å². The molecule has 11 nitrogen and oxygen atoms in total. The molecule has 3 rings (SSSR count). The summed E-state index contributed by atoms with van der Waals surface area (Å²) in [6, 6.07) is 9.44. The number of hydrogen-bond donors (Lipinski definition) is 2. The lowest BCUT2D eigenvalue weighted by molar-refractivity contribution is -0.136. The van der Waals surface area contributed by atoms with E-state index in [9.17, 15) is 14.4 Å². The van der Waals surface area contributed by atoms with E-state index < -0.39 is 29.4 Å². The van der Waals surface area contributed by atoms with Gasteiger partial charge in [-0.25, -0.2) is 9.59 Å². The van der Waals surface area contributed by atoms with Gasteiger partial charge >= 0.3 is 12.2 Å². The summed E-state index contributed by atoms with van der Waals surface area (Å²) < 4.78 is 17.0. The number of piperidine rings is 2. The molecule has 2 fully saturated rings. The maximum absolute atomic E-state index is 13.3. The third-order valence-corrected chi connectivity index (χ3v) is 7.28. The van der Waals surface area contributed by atoms with Crippen LogP contribution in [0.15, 0.2) is 35.3 Å². The Labute approximate surface area is 256 Å². The van der Waals surface area contributed by atoms with Crippen LogP contribution in [0.4, 0.5) is 9.59 Å². The third kappa shape index (κ3) is 12.1. The number of guanidine groups is 1. The number of alkyl carbamates (subject to hydrolysis) is 1. The second-order valence-corrected chi connectivity index (χ2v) is 13.4. The van der Waals surface area contributed by atoms with E-state index >= 15 is 0 Å². The molecule has 11 heteroatoms. The van der Waals surface area contributed by atoms with E-state index in [1.165, 1.54) is 0 Å². The van der Waals surface area contributed by atoms with Gasteiger partial charge in [-0.2, -0.15) is 0 Å². The average molecular weight is 602 g/mol. The van der Waals surface area contributed by atoms with Crippen molar-refractivity contribution < 1.29 is 28.6 Å². The molecule has 2 atom stereocenters. The molecule has 0 bridgehead atoms. The van der Waals surface area contributed by atoms with Gasteiger partial charge in [0.25, 0.3) is 0 Å². The Hall–Kier alpha value is -3.18. The third-order valence-electron chi connectivity index (χ3n) is 7.28. The molecule has 2 aliphatic rings. The van der Waals surface area contributed by atoms with Crippen molar-refractivity contribution in [1.29, 1.82) is 0 Å². The smallest absolute Gasteiger partial charge is 0.437 e. The zero-order valence-corrected chi connectivity index (χ0v) is 26.8. The summed E-state index contributed by atoms with van der Waals surface area (Å²) in [5, 5.41) is 2.63. The van der Waals surface area contributed by atoms with Crippen molar-refractivity contribution in [2.45, 2.75) is 116 Å². The van der Waals surface area contributed by atoms with Crippen molar-refractivity contribution in [3.63, 3.8) is 0 Å². The Morgan fingerprint density at radius 3 is 2.23 bits per heavy atom. The number of aliphatic imine (C=N–C) groups is 1. The highest BCUT2D eigenvalue weighted by molar-refractivity contribution is 5.99. The van der Waals surface area contributed by atoms with Crippen LogP contribution in [-0.4, -0.2) is 89.5 Å². The number of carbonyl (C=O) groups is 3. The molecule has 0 radical (unpaired) electrons. The van der Waals surface area contributed by atoms with Crippen LogP contribution in [0.2, 0.25) is 0 Å². The highest BCUT2D eigenvalue weighted by Crippen LogP contribution is 2.23.